The van der Waals surface area contributed by atoms with Crippen molar-refractivity contribution in [2.75, 3.05) is 4.90 Å². The van der Waals surface area contributed by atoms with E-state index in [1.54, 1.807) is 0 Å². The molecule has 2 heteroatoms. The van der Waals surface area contributed by atoms with Crippen LogP contribution in [0.25, 0.3) is 82.4 Å². The summed E-state index contributed by atoms with van der Waals surface area (Å²) in [4.78, 5) is 2.38. The zero-order valence-corrected chi connectivity index (χ0v) is 34.3. The van der Waals surface area contributed by atoms with E-state index < -0.39 is 0 Å². The van der Waals surface area contributed by atoms with Gasteiger partial charge in [-0.05, 0) is 139 Å². The molecule has 0 aliphatic carbocycles. The molecule has 0 spiro atoms. The van der Waals surface area contributed by atoms with Crippen LogP contribution in [0.2, 0.25) is 0 Å². The SMILES string of the molecule is CC(C)c1ccc2c(c1)c1cc(N(c3ccccc3)c3ccc(-c4ccc5c(-c6ccccc6)c6ccccc6c(-c6ccccc6)c5c4)cc3)ccc1n2-c1ccccc1. The molecule has 0 aliphatic rings. The third kappa shape index (κ3) is 6.36. The second-order valence-corrected chi connectivity index (χ2v) is 16.3. The minimum atomic E-state index is 0.430. The number of nitrogens with zero attached hydrogens (tertiary/aromatic N) is 2. The standard InChI is InChI=1S/C59H44N2/c1-40(2)44-30-35-56-53(37-44)54-39-49(33-36-57(54)61(56)47-23-13-6-14-24-47)60(46-21-11-5-12-22-46)48-31-27-41(28-32-48)45-29-34-52-55(38-45)59(43-19-9-4-10-20-43)51-26-16-15-25-50(51)58(52)42-17-7-3-8-18-42/h3-40H,1-2H3. The van der Waals surface area contributed by atoms with E-state index in [4.69, 9.17) is 0 Å². The highest BCUT2D eigenvalue weighted by atomic mass is 15.1. The number of anilines is 3. The Morgan fingerprint density at radius 2 is 0.803 bits per heavy atom. The van der Waals surface area contributed by atoms with Gasteiger partial charge in [0.25, 0.3) is 0 Å². The van der Waals surface area contributed by atoms with Gasteiger partial charge in [-0.15, -0.1) is 0 Å². The number of hydrogen-bond donors (Lipinski definition) is 0. The number of aromatic nitrogens is 1. The van der Waals surface area contributed by atoms with Crippen LogP contribution in [0, 0.1) is 0 Å². The van der Waals surface area contributed by atoms with Crippen LogP contribution in [0.4, 0.5) is 17.1 Å². The van der Waals surface area contributed by atoms with Crippen LogP contribution in [0.1, 0.15) is 25.3 Å². The predicted octanol–water partition coefficient (Wildman–Crippen LogP) is 16.7. The van der Waals surface area contributed by atoms with Crippen LogP contribution >= 0.6 is 0 Å². The van der Waals surface area contributed by atoms with Crippen LogP contribution in [-0.4, -0.2) is 4.57 Å². The second-order valence-electron chi connectivity index (χ2n) is 16.3. The summed E-state index contributed by atoms with van der Waals surface area (Å²) >= 11 is 0. The molecule has 0 bridgehead atoms. The summed E-state index contributed by atoms with van der Waals surface area (Å²) in [6.07, 6.45) is 0. The van der Waals surface area contributed by atoms with Gasteiger partial charge in [-0.3, -0.25) is 0 Å². The van der Waals surface area contributed by atoms with E-state index in [9.17, 15) is 0 Å². The van der Waals surface area contributed by atoms with E-state index in [1.165, 1.54) is 82.3 Å². The van der Waals surface area contributed by atoms with Crippen molar-refractivity contribution in [3.8, 4) is 39.1 Å². The minimum absolute atomic E-state index is 0.430. The van der Waals surface area contributed by atoms with E-state index in [1.807, 2.05) is 0 Å². The molecular weight excluding hydrogens is 737 g/mol. The molecule has 0 N–H and O–H groups in total. The molecule has 0 aliphatic heterocycles. The van der Waals surface area contributed by atoms with E-state index in [-0.39, 0.29) is 0 Å². The van der Waals surface area contributed by atoms with Gasteiger partial charge in [0.15, 0.2) is 0 Å². The lowest BCUT2D eigenvalue weighted by molar-refractivity contribution is 0.868. The van der Waals surface area contributed by atoms with Gasteiger partial charge in [-0.2, -0.15) is 0 Å². The maximum atomic E-state index is 2.41. The van der Waals surface area contributed by atoms with Crippen molar-refractivity contribution in [1.29, 1.82) is 0 Å². The lowest BCUT2D eigenvalue weighted by Crippen LogP contribution is -2.09. The fourth-order valence-electron chi connectivity index (χ4n) is 9.40. The summed E-state index contributed by atoms with van der Waals surface area (Å²) in [5, 5.41) is 7.54. The lowest BCUT2D eigenvalue weighted by atomic mass is 9.85. The van der Waals surface area contributed by atoms with Crippen LogP contribution in [0.5, 0.6) is 0 Å². The first-order valence-corrected chi connectivity index (χ1v) is 21.3. The molecule has 1 heterocycles. The van der Waals surface area contributed by atoms with Crippen molar-refractivity contribution < 1.29 is 0 Å². The molecule has 0 saturated carbocycles. The quantitative estimate of drug-likeness (QED) is 0.139. The highest BCUT2D eigenvalue weighted by molar-refractivity contribution is 6.22. The van der Waals surface area contributed by atoms with Crippen molar-refractivity contribution in [2.45, 2.75) is 19.8 Å². The van der Waals surface area contributed by atoms with Gasteiger partial charge in [0, 0.05) is 33.5 Å². The van der Waals surface area contributed by atoms with Gasteiger partial charge in [-0.1, -0.05) is 166 Å². The van der Waals surface area contributed by atoms with E-state index in [2.05, 4.69) is 248 Å². The molecule has 11 rings (SSSR count). The highest BCUT2D eigenvalue weighted by Gasteiger charge is 2.20. The van der Waals surface area contributed by atoms with Gasteiger partial charge in [0.1, 0.15) is 0 Å². The topological polar surface area (TPSA) is 8.17 Å². The molecule has 61 heavy (non-hydrogen) atoms. The van der Waals surface area contributed by atoms with Crippen LogP contribution in [-0.2, 0) is 0 Å². The average Bonchev–Trinajstić information content (AvgIpc) is 3.65. The van der Waals surface area contributed by atoms with E-state index in [0.717, 1.165) is 22.7 Å². The predicted molar refractivity (Wildman–Crippen MR) is 261 cm³/mol. The first-order valence-electron chi connectivity index (χ1n) is 21.3. The van der Waals surface area contributed by atoms with Crippen molar-refractivity contribution in [1.82, 2.24) is 4.57 Å². The Hall–Kier alpha value is -7.68. The van der Waals surface area contributed by atoms with Gasteiger partial charge < -0.3 is 9.47 Å². The Morgan fingerprint density at radius 3 is 1.43 bits per heavy atom. The number of hydrogen-bond acceptors (Lipinski definition) is 1. The van der Waals surface area contributed by atoms with Gasteiger partial charge >= 0.3 is 0 Å². The number of rotatable bonds is 8. The molecule has 0 radical (unpaired) electrons. The largest absolute Gasteiger partial charge is 0.310 e. The summed E-state index contributed by atoms with van der Waals surface area (Å²) in [6, 6.07) is 82.1. The maximum Gasteiger partial charge on any atom is 0.0542 e. The first kappa shape index (κ1) is 36.4. The molecular formula is C59H44N2. The number of fused-ring (bicyclic) bond motifs is 5. The monoisotopic (exact) mass is 780 g/mol. The second kappa shape index (κ2) is 15.2. The third-order valence-corrected chi connectivity index (χ3v) is 12.3. The Kier molecular flexibility index (Phi) is 9.05. The number of benzene rings is 10. The molecule has 0 fully saturated rings. The van der Waals surface area contributed by atoms with Crippen molar-refractivity contribution >= 4 is 60.4 Å². The normalized spacial score (nSPS) is 11.6. The molecule has 0 saturated heterocycles. The van der Waals surface area contributed by atoms with Gasteiger partial charge in [0.2, 0.25) is 0 Å². The summed E-state index contributed by atoms with van der Waals surface area (Å²) in [5.74, 6) is 0.430. The molecule has 0 atom stereocenters. The fraction of sp³-hybridized carbons (Fsp3) is 0.0508. The Morgan fingerprint density at radius 1 is 0.328 bits per heavy atom. The Balaban J connectivity index is 1.06. The zero-order chi connectivity index (χ0) is 40.9. The third-order valence-electron chi connectivity index (χ3n) is 12.3. The van der Waals surface area contributed by atoms with Gasteiger partial charge in [-0.25, -0.2) is 0 Å². The summed E-state index contributed by atoms with van der Waals surface area (Å²) in [6.45, 7) is 4.54. The molecule has 2 nitrogen and oxygen atoms in total. The summed E-state index contributed by atoms with van der Waals surface area (Å²) in [5.41, 5.74) is 15.6. The molecule has 11 aromatic rings. The van der Waals surface area contributed by atoms with E-state index in [0.29, 0.717) is 5.92 Å². The van der Waals surface area contributed by atoms with E-state index >= 15 is 0 Å². The Bertz CT molecular complexity index is 3350. The fourth-order valence-corrected chi connectivity index (χ4v) is 9.40. The molecule has 0 amide bonds. The first-order chi connectivity index (χ1) is 30.1. The number of para-hydroxylation sites is 2. The minimum Gasteiger partial charge on any atom is -0.310 e. The van der Waals surface area contributed by atoms with Crippen molar-refractivity contribution in [2.24, 2.45) is 0 Å². The molecule has 290 valence electrons. The molecule has 0 unspecified atom stereocenters. The highest BCUT2D eigenvalue weighted by Crippen LogP contribution is 2.46. The van der Waals surface area contributed by atoms with Gasteiger partial charge in [0.05, 0.1) is 11.0 Å². The van der Waals surface area contributed by atoms with Crippen molar-refractivity contribution in [3.05, 3.63) is 230 Å². The molecule has 10 aromatic carbocycles. The smallest absolute Gasteiger partial charge is 0.0542 e. The zero-order valence-electron chi connectivity index (χ0n) is 34.3. The van der Waals surface area contributed by atoms with Crippen molar-refractivity contribution in [3.63, 3.8) is 0 Å². The Labute approximate surface area is 357 Å². The van der Waals surface area contributed by atoms with Crippen LogP contribution < -0.4 is 4.90 Å². The average molecular weight is 781 g/mol. The molecule has 1 aromatic heterocycles. The van der Waals surface area contributed by atoms with Crippen LogP contribution in [0.3, 0.4) is 0 Å². The summed E-state index contributed by atoms with van der Waals surface area (Å²) in [7, 11) is 0. The lowest BCUT2D eigenvalue weighted by Gasteiger charge is -2.26. The summed E-state index contributed by atoms with van der Waals surface area (Å²) < 4.78 is 2.40. The maximum absolute atomic E-state index is 2.41. The van der Waals surface area contributed by atoms with Crippen LogP contribution in [0.15, 0.2) is 224 Å².